The molecule has 0 aliphatic rings. The fraction of sp³-hybridized carbons (Fsp3) is 0.861. The molecule has 0 aliphatic heterocycles. The molecular formula is C72H135NO5. The number of aliphatic hydroxyl groups is 2. The molecule has 78 heavy (non-hydrogen) atoms. The number of nitrogens with one attached hydrogen (secondary N) is 1. The van der Waals surface area contributed by atoms with Gasteiger partial charge in [0.1, 0.15) is 0 Å². The van der Waals surface area contributed by atoms with Gasteiger partial charge in [0, 0.05) is 12.8 Å². The van der Waals surface area contributed by atoms with Gasteiger partial charge in [-0.05, 0) is 89.9 Å². The maximum atomic E-state index is 12.4. The number of carbonyl (C=O) groups is 2. The monoisotopic (exact) mass is 1090 g/mol. The Hall–Kier alpha value is -2.18. The van der Waals surface area contributed by atoms with Crippen LogP contribution in [0.2, 0.25) is 0 Å². The molecule has 0 aromatic heterocycles. The van der Waals surface area contributed by atoms with E-state index in [4.69, 9.17) is 4.74 Å². The molecule has 6 nitrogen and oxygen atoms in total. The van der Waals surface area contributed by atoms with E-state index in [-0.39, 0.29) is 18.5 Å². The Bertz CT molecular complexity index is 1310. The molecule has 0 aliphatic carbocycles. The van der Waals surface area contributed by atoms with Crippen molar-refractivity contribution in [2.75, 3.05) is 13.2 Å². The molecular weight excluding hydrogens is 959 g/mol. The van der Waals surface area contributed by atoms with Crippen LogP contribution in [0.25, 0.3) is 0 Å². The van der Waals surface area contributed by atoms with Gasteiger partial charge in [-0.25, -0.2) is 0 Å². The van der Waals surface area contributed by atoms with Crippen LogP contribution in [0.3, 0.4) is 0 Å². The molecule has 0 saturated heterocycles. The zero-order chi connectivity index (χ0) is 56.4. The molecule has 6 heteroatoms. The first kappa shape index (κ1) is 75.8. The number of hydrogen-bond acceptors (Lipinski definition) is 5. The van der Waals surface area contributed by atoms with Crippen LogP contribution in [0, 0.1) is 0 Å². The fourth-order valence-corrected chi connectivity index (χ4v) is 10.7. The highest BCUT2D eigenvalue weighted by Crippen LogP contribution is 2.18. The topological polar surface area (TPSA) is 95.9 Å². The first-order valence-electron chi connectivity index (χ1n) is 34.9. The lowest BCUT2D eigenvalue weighted by Crippen LogP contribution is -2.45. The third-order valence-corrected chi connectivity index (χ3v) is 16.1. The summed E-state index contributed by atoms with van der Waals surface area (Å²) >= 11 is 0. The van der Waals surface area contributed by atoms with Gasteiger partial charge in [-0.1, -0.05) is 319 Å². The second-order valence-electron chi connectivity index (χ2n) is 23.9. The Kier molecular flexibility index (Phi) is 65.4. The van der Waals surface area contributed by atoms with Crippen molar-refractivity contribution in [1.29, 1.82) is 0 Å². The molecule has 2 atom stereocenters. The lowest BCUT2D eigenvalue weighted by molar-refractivity contribution is -0.143. The number of allylic oxidation sites excluding steroid dienone is 7. The van der Waals surface area contributed by atoms with E-state index in [1.165, 1.54) is 295 Å². The van der Waals surface area contributed by atoms with Gasteiger partial charge in [0.2, 0.25) is 5.91 Å². The molecule has 0 fully saturated rings. The normalized spacial score (nSPS) is 12.8. The standard InChI is InChI=1S/C72H135NO5/c1-3-5-7-9-11-13-15-16-43-46-50-54-58-62-66-72(77)78-67-63-59-55-51-47-44-41-39-37-35-33-31-29-27-25-23-21-19-17-18-20-22-24-26-28-30-32-34-36-38-40-42-45-49-53-57-61-65-71(76)73-69(68-74)70(75)64-60-56-52-48-14-12-10-8-6-4-2/h15-17,19,23,25,60,64,69-70,74-75H,3-14,18,20-22,24,26-59,61-63,65-68H2,1-2H3,(H,73,76)/b16-15-,19-17-,25-23-,64-60+. The largest absolute Gasteiger partial charge is 0.466 e. The molecule has 2 unspecified atom stereocenters. The molecule has 0 saturated carbocycles. The predicted molar refractivity (Wildman–Crippen MR) is 342 cm³/mol. The number of ether oxygens (including phenoxy) is 1. The van der Waals surface area contributed by atoms with Crippen molar-refractivity contribution in [3.05, 3.63) is 48.6 Å². The van der Waals surface area contributed by atoms with Gasteiger partial charge in [-0.3, -0.25) is 9.59 Å². The number of esters is 1. The summed E-state index contributed by atoms with van der Waals surface area (Å²) in [6.45, 7) is 4.89. The zero-order valence-corrected chi connectivity index (χ0v) is 52.4. The summed E-state index contributed by atoms with van der Waals surface area (Å²) in [7, 11) is 0. The van der Waals surface area contributed by atoms with Crippen molar-refractivity contribution in [3.8, 4) is 0 Å². The minimum atomic E-state index is -0.841. The van der Waals surface area contributed by atoms with Crippen LogP contribution in [0.1, 0.15) is 373 Å². The average molecular weight is 1090 g/mol. The van der Waals surface area contributed by atoms with Crippen LogP contribution < -0.4 is 5.32 Å². The Morgan fingerprint density at radius 2 is 0.641 bits per heavy atom. The van der Waals surface area contributed by atoms with E-state index in [0.29, 0.717) is 19.4 Å². The summed E-state index contributed by atoms with van der Waals surface area (Å²) in [5.74, 6) is -0.0564. The predicted octanol–water partition coefficient (Wildman–Crippen LogP) is 22.5. The van der Waals surface area contributed by atoms with Gasteiger partial charge in [-0.2, -0.15) is 0 Å². The lowest BCUT2D eigenvalue weighted by atomic mass is 10.0. The van der Waals surface area contributed by atoms with Crippen molar-refractivity contribution >= 4 is 11.9 Å². The first-order valence-corrected chi connectivity index (χ1v) is 34.9. The van der Waals surface area contributed by atoms with Crippen LogP contribution in [-0.2, 0) is 14.3 Å². The van der Waals surface area contributed by atoms with Crippen molar-refractivity contribution in [2.45, 2.75) is 386 Å². The van der Waals surface area contributed by atoms with E-state index in [0.717, 1.165) is 51.4 Å². The molecule has 458 valence electrons. The van der Waals surface area contributed by atoms with Crippen LogP contribution in [0.15, 0.2) is 48.6 Å². The Morgan fingerprint density at radius 1 is 0.359 bits per heavy atom. The smallest absolute Gasteiger partial charge is 0.305 e. The second kappa shape index (κ2) is 67.3. The maximum Gasteiger partial charge on any atom is 0.305 e. The van der Waals surface area contributed by atoms with Crippen molar-refractivity contribution in [2.24, 2.45) is 0 Å². The van der Waals surface area contributed by atoms with Gasteiger partial charge >= 0.3 is 5.97 Å². The van der Waals surface area contributed by atoms with Gasteiger partial charge in [0.05, 0.1) is 25.4 Å². The van der Waals surface area contributed by atoms with Crippen molar-refractivity contribution in [3.63, 3.8) is 0 Å². The summed E-state index contributed by atoms with van der Waals surface area (Å²) in [4.78, 5) is 24.5. The van der Waals surface area contributed by atoms with E-state index in [1.807, 2.05) is 6.08 Å². The molecule has 0 rings (SSSR count). The van der Waals surface area contributed by atoms with Gasteiger partial charge in [0.15, 0.2) is 0 Å². The number of hydrogen-bond donors (Lipinski definition) is 3. The Balaban J connectivity index is 3.35. The van der Waals surface area contributed by atoms with E-state index in [2.05, 4.69) is 55.6 Å². The SMILES string of the molecule is CCCCCCC/C=C\CCCCCCCC(=O)OCCCCCCCCCCCCCCC/C=C\C/C=C\CCCCCCCCCCCCCCCCCCCC(=O)NC(CO)C(O)/C=C/CCCCCCCCCC. The zero-order valence-electron chi connectivity index (χ0n) is 52.4. The third kappa shape index (κ3) is 63.0. The number of aliphatic hydroxyl groups excluding tert-OH is 2. The first-order chi connectivity index (χ1) is 38.5. The summed E-state index contributed by atoms with van der Waals surface area (Å²) in [5, 5.41) is 23.0. The summed E-state index contributed by atoms with van der Waals surface area (Å²) < 4.78 is 5.48. The summed E-state index contributed by atoms with van der Waals surface area (Å²) in [6, 6.07) is -0.624. The fourth-order valence-electron chi connectivity index (χ4n) is 10.7. The van der Waals surface area contributed by atoms with Gasteiger partial charge in [0.25, 0.3) is 0 Å². The van der Waals surface area contributed by atoms with E-state index in [9.17, 15) is 19.8 Å². The van der Waals surface area contributed by atoms with E-state index in [1.54, 1.807) is 6.08 Å². The molecule has 0 spiro atoms. The minimum absolute atomic E-state index is 0.00991. The maximum absolute atomic E-state index is 12.4. The van der Waals surface area contributed by atoms with Crippen LogP contribution >= 0.6 is 0 Å². The molecule has 0 radical (unpaired) electrons. The number of rotatable bonds is 65. The van der Waals surface area contributed by atoms with Crippen LogP contribution in [0.5, 0.6) is 0 Å². The Labute approximate surface area is 486 Å². The number of unbranched alkanes of at least 4 members (excludes halogenated alkanes) is 48. The highest BCUT2D eigenvalue weighted by Gasteiger charge is 2.18. The molecule has 0 bridgehead atoms. The quantitative estimate of drug-likeness (QED) is 0.0320. The highest BCUT2D eigenvalue weighted by molar-refractivity contribution is 5.76. The summed E-state index contributed by atoms with van der Waals surface area (Å²) in [6.07, 6.45) is 87.8. The van der Waals surface area contributed by atoms with E-state index >= 15 is 0 Å². The molecule has 3 N–H and O–H groups in total. The van der Waals surface area contributed by atoms with Gasteiger partial charge < -0.3 is 20.3 Å². The molecule has 0 aromatic rings. The number of carbonyl (C=O) groups excluding carboxylic acids is 2. The van der Waals surface area contributed by atoms with Crippen molar-refractivity contribution in [1.82, 2.24) is 5.32 Å². The third-order valence-electron chi connectivity index (χ3n) is 16.1. The molecule has 1 amide bonds. The average Bonchev–Trinajstić information content (AvgIpc) is 3.44. The van der Waals surface area contributed by atoms with E-state index < -0.39 is 12.1 Å². The molecule has 0 heterocycles. The number of amides is 1. The highest BCUT2D eigenvalue weighted by atomic mass is 16.5. The minimum Gasteiger partial charge on any atom is -0.466 e. The molecule has 0 aromatic carbocycles. The second-order valence-corrected chi connectivity index (χ2v) is 23.9. The van der Waals surface area contributed by atoms with Gasteiger partial charge in [-0.15, -0.1) is 0 Å². The summed E-state index contributed by atoms with van der Waals surface area (Å²) in [5.41, 5.74) is 0. The Morgan fingerprint density at radius 3 is 0.987 bits per heavy atom. The lowest BCUT2D eigenvalue weighted by Gasteiger charge is -2.20. The van der Waals surface area contributed by atoms with Crippen LogP contribution in [-0.4, -0.2) is 47.4 Å². The van der Waals surface area contributed by atoms with Crippen molar-refractivity contribution < 1.29 is 24.5 Å². The van der Waals surface area contributed by atoms with Crippen LogP contribution in [0.4, 0.5) is 0 Å².